The largest absolute Gasteiger partial charge is 0.457 e. The summed E-state index contributed by atoms with van der Waals surface area (Å²) in [7, 11) is 0. The second kappa shape index (κ2) is 14.5. The molecule has 5 heterocycles. The van der Waals surface area contributed by atoms with E-state index in [2.05, 4.69) is 15.0 Å². The molecule has 0 aliphatic carbocycles. The molecular weight excluding hydrogens is 869 g/mol. The molecule has 0 spiro atoms. The lowest BCUT2D eigenvalue weighted by Gasteiger charge is -2.33. The van der Waals surface area contributed by atoms with Crippen LogP contribution >= 0.6 is 45.3 Å². The molecule has 0 atom stereocenters. The topological polar surface area (TPSA) is 181 Å². The zero-order chi connectivity index (χ0) is 42.3. The van der Waals surface area contributed by atoms with E-state index in [1.54, 1.807) is 97.1 Å². The van der Waals surface area contributed by atoms with Crippen molar-refractivity contribution < 1.29 is 23.8 Å². The zero-order valence-corrected chi connectivity index (χ0v) is 34.7. The highest BCUT2D eigenvalue weighted by molar-refractivity contribution is 7.35. The minimum Gasteiger partial charge on any atom is -0.457 e. The fraction of sp³-hybridized carbons (Fsp3) is 0.0667. The third-order valence-electron chi connectivity index (χ3n) is 10.4. The van der Waals surface area contributed by atoms with Crippen molar-refractivity contribution in [2.24, 2.45) is 9.98 Å². The Balaban J connectivity index is 1.12. The van der Waals surface area contributed by atoms with Crippen molar-refractivity contribution in [2.45, 2.75) is 18.8 Å². The van der Waals surface area contributed by atoms with E-state index in [-0.39, 0.29) is 67.0 Å². The molecule has 0 amide bonds. The molecule has 6 aromatic carbocycles. The summed E-state index contributed by atoms with van der Waals surface area (Å²) in [5.74, 6) is -2.03. The lowest BCUT2D eigenvalue weighted by Crippen LogP contribution is -2.52. The van der Waals surface area contributed by atoms with E-state index in [0.717, 1.165) is 34.0 Å². The van der Waals surface area contributed by atoms with Crippen LogP contribution in [0, 0.1) is 0 Å². The van der Waals surface area contributed by atoms with Gasteiger partial charge in [-0.2, -0.15) is 0 Å². The average molecular weight is 891 g/mol. The minimum absolute atomic E-state index is 0.0456. The molecule has 0 fully saturated rings. The van der Waals surface area contributed by atoms with Crippen molar-refractivity contribution in [1.29, 1.82) is 0 Å². The van der Waals surface area contributed by atoms with Gasteiger partial charge in [-0.05, 0) is 11.1 Å². The van der Waals surface area contributed by atoms with Crippen molar-refractivity contribution in [3.63, 3.8) is 0 Å². The van der Waals surface area contributed by atoms with E-state index >= 15 is 0 Å². The number of nitrogens with zero attached hydrogens (tertiary/aromatic N) is 4. The Hall–Kier alpha value is -7.18. The van der Waals surface area contributed by atoms with Gasteiger partial charge in [-0.15, -0.1) is 22.7 Å². The molecule has 0 N–H and O–H groups in total. The molecular formula is C45H22N4O9S4. The molecule has 13 nitrogen and oxygen atoms in total. The Morgan fingerprint density at radius 3 is 1.40 bits per heavy atom. The monoisotopic (exact) mass is 890 g/mol. The molecule has 11 rings (SSSR count). The number of carbonyl (C=O) groups excluding carboxylic acids is 2. The Kier molecular flexibility index (Phi) is 8.83. The van der Waals surface area contributed by atoms with Crippen LogP contribution in [0.5, 0.6) is 5.75 Å². The molecule has 0 saturated heterocycles. The van der Waals surface area contributed by atoms with Crippen LogP contribution in [0.4, 0.5) is 10.3 Å². The predicted molar refractivity (Wildman–Crippen MR) is 237 cm³/mol. The van der Waals surface area contributed by atoms with Crippen LogP contribution in [0.2, 0.25) is 0 Å². The van der Waals surface area contributed by atoms with Crippen LogP contribution < -0.4 is 37.2 Å². The number of aromatic nitrogens is 2. The van der Waals surface area contributed by atoms with Crippen molar-refractivity contribution in [2.75, 3.05) is 0 Å². The fourth-order valence-electron chi connectivity index (χ4n) is 7.44. The molecule has 62 heavy (non-hydrogen) atoms. The smallest absolute Gasteiger partial charge is 0.367 e. The van der Waals surface area contributed by atoms with E-state index in [9.17, 15) is 28.8 Å². The van der Waals surface area contributed by atoms with Crippen molar-refractivity contribution in [1.82, 2.24) is 9.97 Å². The number of benzene rings is 4. The summed E-state index contributed by atoms with van der Waals surface area (Å²) in [5.41, 5.74) is -3.30. The maximum atomic E-state index is 14.9. The molecule has 0 saturated carbocycles. The molecule has 4 aromatic heterocycles. The van der Waals surface area contributed by atoms with Gasteiger partial charge in [0.05, 0.1) is 20.0 Å². The zero-order valence-electron chi connectivity index (χ0n) is 31.4. The van der Waals surface area contributed by atoms with Gasteiger partial charge in [0.25, 0.3) is 0 Å². The van der Waals surface area contributed by atoms with Gasteiger partial charge in [-0.1, -0.05) is 132 Å². The Morgan fingerprint density at radius 1 is 0.532 bits per heavy atom. The van der Waals surface area contributed by atoms with Crippen LogP contribution in [-0.4, -0.2) is 21.9 Å². The second-order valence-corrected chi connectivity index (χ2v) is 18.0. The van der Waals surface area contributed by atoms with Crippen LogP contribution in [0.3, 0.4) is 0 Å². The average Bonchev–Trinajstić information content (AvgIpc) is 4.13. The molecule has 0 unspecified atom stereocenters. The number of thiophene rings is 2. The molecule has 0 radical (unpaired) electrons. The molecule has 1 aliphatic heterocycles. The highest BCUT2D eigenvalue weighted by Gasteiger charge is 2.60. The van der Waals surface area contributed by atoms with Crippen LogP contribution in [0.1, 0.15) is 16.7 Å². The Bertz CT molecular complexity index is 3680. The highest BCUT2D eigenvalue weighted by atomic mass is 32.1. The normalized spacial score (nSPS) is 13.0. The summed E-state index contributed by atoms with van der Waals surface area (Å²) in [6, 6.07) is 30.7. The van der Waals surface area contributed by atoms with E-state index < -0.39 is 39.3 Å². The quantitative estimate of drug-likeness (QED) is 0.117. The maximum Gasteiger partial charge on any atom is 0.367 e. The van der Waals surface area contributed by atoms with E-state index in [0.29, 0.717) is 39.9 Å². The van der Waals surface area contributed by atoms with Gasteiger partial charge in [0.15, 0.2) is 16.5 Å². The fourth-order valence-corrected chi connectivity index (χ4v) is 12.2. The van der Waals surface area contributed by atoms with Crippen molar-refractivity contribution in [3.8, 4) is 15.5 Å². The first-order valence-electron chi connectivity index (χ1n) is 18.7. The van der Waals surface area contributed by atoms with Gasteiger partial charge < -0.3 is 14.2 Å². The number of hydrogen-bond acceptors (Lipinski definition) is 17. The number of carbonyl (C=O) groups is 2. The first-order valence-corrected chi connectivity index (χ1v) is 22.0. The van der Waals surface area contributed by atoms with Crippen LogP contribution in [0.15, 0.2) is 138 Å². The highest BCUT2D eigenvalue weighted by Crippen LogP contribution is 2.60. The van der Waals surface area contributed by atoms with E-state index in [1.165, 1.54) is 11.3 Å². The standard InChI is InChI=1S/C45H22N4O9S4/c50-30-23-15-7-8-16-24(23)31(51)28(30)46-43-48-39-36(61-43)27-35(59-39)37-34(38-40(60-37)49-44(62-38)47-29-32(52)25-17-9-10-18-26(25)33(29)53)58-45(27,41(54)56-19-21-11-3-1-4-12-21)42(55)57-20-22-13-5-2-6-14-22/h1-18H,19-20H2. The summed E-state index contributed by atoms with van der Waals surface area (Å²) in [6.07, 6.45) is 0. The number of fused-ring (bicyclic) bond motifs is 9. The third-order valence-corrected chi connectivity index (χ3v) is 14.8. The second-order valence-electron chi connectivity index (χ2n) is 14.1. The maximum absolute atomic E-state index is 14.9. The lowest BCUT2D eigenvalue weighted by atomic mass is 9.91. The van der Waals surface area contributed by atoms with Gasteiger partial charge in [-0.3, -0.25) is 19.2 Å². The Morgan fingerprint density at radius 2 is 0.935 bits per heavy atom. The third kappa shape index (κ3) is 5.84. The molecule has 10 aromatic rings. The van der Waals surface area contributed by atoms with Crippen LogP contribution in [0.25, 0.3) is 50.4 Å². The first kappa shape index (κ1) is 37.8. The van der Waals surface area contributed by atoms with Gasteiger partial charge >= 0.3 is 17.5 Å². The molecule has 1 aliphatic rings. The van der Waals surface area contributed by atoms with E-state index in [1.807, 2.05) is 12.1 Å². The predicted octanol–water partition coefficient (Wildman–Crippen LogP) is 6.73. The lowest BCUT2D eigenvalue weighted by molar-refractivity contribution is -0.183. The SMILES string of the molecule is O=C(OCc1ccccc1)C1(C(=O)OCc2ccccc2)Oc2c(sc3nc(N=c4c(=O)c5ccccc5c4=O)sc23)-c2sc3nc(N=c4c(=O)c5ccccc5c4=O)sc3c21. The molecule has 300 valence electrons. The van der Waals surface area contributed by atoms with Gasteiger partial charge in [0, 0.05) is 21.5 Å². The summed E-state index contributed by atoms with van der Waals surface area (Å²) >= 11 is 4.35. The van der Waals surface area contributed by atoms with E-state index in [4.69, 9.17) is 19.2 Å². The van der Waals surface area contributed by atoms with Gasteiger partial charge in [-0.25, -0.2) is 29.5 Å². The molecule has 0 bridgehead atoms. The van der Waals surface area contributed by atoms with Crippen LogP contribution in [-0.2, 0) is 37.9 Å². The minimum atomic E-state index is -2.58. The Labute approximate surface area is 361 Å². The number of esters is 2. The van der Waals surface area contributed by atoms with Crippen molar-refractivity contribution in [3.05, 3.63) is 177 Å². The van der Waals surface area contributed by atoms with Crippen molar-refractivity contribution >= 4 is 108 Å². The summed E-state index contributed by atoms with van der Waals surface area (Å²) in [6.45, 7) is -0.436. The first-order chi connectivity index (χ1) is 30.2. The molecule has 17 heteroatoms. The number of hydrogen-bond donors (Lipinski definition) is 0. The number of rotatable bonds is 8. The number of thiazole rings is 2. The summed E-state index contributed by atoms with van der Waals surface area (Å²) in [4.78, 5) is 103. The van der Waals surface area contributed by atoms with Gasteiger partial charge in [0.1, 0.15) is 27.6 Å². The summed E-state index contributed by atoms with van der Waals surface area (Å²) < 4.78 is 19.4. The number of ether oxygens (including phenoxy) is 3. The van der Waals surface area contributed by atoms with Gasteiger partial charge in [0.2, 0.25) is 32.0 Å². The summed E-state index contributed by atoms with van der Waals surface area (Å²) in [5, 5.41) is 0.540.